The van der Waals surface area contributed by atoms with Crippen molar-refractivity contribution in [1.29, 1.82) is 0 Å². The number of aromatic nitrogens is 1. The maximum Gasteiger partial charge on any atom is 0.191 e. The van der Waals surface area contributed by atoms with Crippen LogP contribution in [0.4, 0.5) is 0 Å². The fraction of sp³-hybridized carbons (Fsp3) is 0.400. The van der Waals surface area contributed by atoms with Crippen molar-refractivity contribution in [3.05, 3.63) is 59.9 Å². The van der Waals surface area contributed by atoms with Crippen molar-refractivity contribution < 1.29 is 4.74 Å². The standard InChI is InChI=1S/C20H28N4O/c1-4-21-20(24-15-18-7-5-6-12-22-18)23-13-14-25-19-10-8-17(9-11-19)16(2)3/h5-12,16H,4,13-15H2,1-3H3,(H2,21,23,24). The van der Waals surface area contributed by atoms with Crippen LogP contribution in [0.3, 0.4) is 0 Å². The van der Waals surface area contributed by atoms with Gasteiger partial charge in [-0.1, -0.05) is 32.0 Å². The van der Waals surface area contributed by atoms with Gasteiger partial charge in [-0.15, -0.1) is 0 Å². The van der Waals surface area contributed by atoms with Gasteiger partial charge in [0.1, 0.15) is 12.4 Å². The van der Waals surface area contributed by atoms with Gasteiger partial charge in [0.2, 0.25) is 0 Å². The SMILES string of the molecule is CCNC(=NCc1ccccn1)NCCOc1ccc(C(C)C)cc1. The molecular formula is C20H28N4O. The molecule has 0 saturated heterocycles. The van der Waals surface area contributed by atoms with E-state index in [1.54, 1.807) is 6.20 Å². The van der Waals surface area contributed by atoms with Gasteiger partial charge in [0.05, 0.1) is 18.8 Å². The average Bonchev–Trinajstić information content (AvgIpc) is 2.64. The number of hydrogen-bond acceptors (Lipinski definition) is 3. The molecule has 1 heterocycles. The lowest BCUT2D eigenvalue weighted by molar-refractivity contribution is 0.322. The highest BCUT2D eigenvalue weighted by Gasteiger charge is 2.01. The van der Waals surface area contributed by atoms with Crippen LogP contribution in [-0.2, 0) is 6.54 Å². The molecule has 0 amide bonds. The summed E-state index contributed by atoms with van der Waals surface area (Å²) in [7, 11) is 0. The Balaban J connectivity index is 1.77. The van der Waals surface area contributed by atoms with Gasteiger partial charge in [-0.05, 0) is 42.7 Å². The van der Waals surface area contributed by atoms with E-state index in [0.717, 1.165) is 23.9 Å². The molecule has 1 aromatic heterocycles. The quantitative estimate of drug-likeness (QED) is 0.440. The molecule has 0 aliphatic carbocycles. The molecule has 134 valence electrons. The number of pyridine rings is 1. The minimum atomic E-state index is 0.536. The highest BCUT2D eigenvalue weighted by atomic mass is 16.5. The van der Waals surface area contributed by atoms with Crippen molar-refractivity contribution in [2.75, 3.05) is 19.7 Å². The van der Waals surface area contributed by atoms with E-state index < -0.39 is 0 Å². The number of rotatable bonds is 8. The molecule has 0 saturated carbocycles. The number of nitrogens with one attached hydrogen (secondary N) is 2. The van der Waals surface area contributed by atoms with Gasteiger partial charge >= 0.3 is 0 Å². The number of benzene rings is 1. The summed E-state index contributed by atoms with van der Waals surface area (Å²) < 4.78 is 5.77. The lowest BCUT2D eigenvalue weighted by Gasteiger charge is -2.12. The Morgan fingerprint density at radius 2 is 1.92 bits per heavy atom. The average molecular weight is 340 g/mol. The zero-order valence-electron chi connectivity index (χ0n) is 15.3. The van der Waals surface area contributed by atoms with E-state index in [-0.39, 0.29) is 0 Å². The van der Waals surface area contributed by atoms with Crippen molar-refractivity contribution >= 4 is 5.96 Å². The van der Waals surface area contributed by atoms with Gasteiger partial charge in [0.15, 0.2) is 5.96 Å². The summed E-state index contributed by atoms with van der Waals surface area (Å²) in [5.41, 5.74) is 2.27. The number of aliphatic imine (C=N–C) groups is 1. The molecule has 2 aromatic rings. The predicted octanol–water partition coefficient (Wildman–Crippen LogP) is 3.34. The smallest absolute Gasteiger partial charge is 0.191 e. The fourth-order valence-electron chi connectivity index (χ4n) is 2.28. The van der Waals surface area contributed by atoms with E-state index in [4.69, 9.17) is 4.74 Å². The monoisotopic (exact) mass is 340 g/mol. The largest absolute Gasteiger partial charge is 0.492 e. The molecule has 5 nitrogen and oxygen atoms in total. The Bertz CT molecular complexity index is 639. The van der Waals surface area contributed by atoms with Crippen LogP contribution in [0.25, 0.3) is 0 Å². The summed E-state index contributed by atoms with van der Waals surface area (Å²) in [6.07, 6.45) is 1.78. The van der Waals surface area contributed by atoms with E-state index in [0.29, 0.717) is 25.6 Å². The van der Waals surface area contributed by atoms with Crippen LogP contribution in [0.15, 0.2) is 53.7 Å². The maximum absolute atomic E-state index is 5.77. The molecule has 0 atom stereocenters. The molecule has 0 aliphatic heterocycles. The summed E-state index contributed by atoms with van der Waals surface area (Å²) in [4.78, 5) is 8.81. The summed E-state index contributed by atoms with van der Waals surface area (Å²) >= 11 is 0. The van der Waals surface area contributed by atoms with E-state index in [1.807, 2.05) is 37.3 Å². The Kier molecular flexibility index (Phi) is 7.76. The maximum atomic E-state index is 5.77. The fourth-order valence-corrected chi connectivity index (χ4v) is 2.28. The van der Waals surface area contributed by atoms with Crippen LogP contribution in [0.1, 0.15) is 37.9 Å². The highest BCUT2D eigenvalue weighted by Crippen LogP contribution is 2.18. The van der Waals surface area contributed by atoms with Crippen LogP contribution in [-0.4, -0.2) is 30.6 Å². The van der Waals surface area contributed by atoms with Gasteiger partial charge in [-0.2, -0.15) is 0 Å². The summed E-state index contributed by atoms with van der Waals surface area (Å²) in [5, 5.41) is 6.50. The molecule has 0 radical (unpaired) electrons. The first kappa shape index (κ1) is 18.8. The highest BCUT2D eigenvalue weighted by molar-refractivity contribution is 5.79. The lowest BCUT2D eigenvalue weighted by atomic mass is 10.0. The van der Waals surface area contributed by atoms with Crippen molar-refractivity contribution in [3.8, 4) is 5.75 Å². The van der Waals surface area contributed by atoms with Gasteiger partial charge in [0, 0.05) is 12.7 Å². The first-order chi connectivity index (χ1) is 12.2. The van der Waals surface area contributed by atoms with E-state index in [1.165, 1.54) is 5.56 Å². The molecule has 5 heteroatoms. The van der Waals surface area contributed by atoms with Gasteiger partial charge in [-0.25, -0.2) is 4.99 Å². The van der Waals surface area contributed by atoms with Crippen molar-refractivity contribution in [3.63, 3.8) is 0 Å². The Morgan fingerprint density at radius 3 is 2.56 bits per heavy atom. The van der Waals surface area contributed by atoms with Crippen LogP contribution >= 0.6 is 0 Å². The van der Waals surface area contributed by atoms with E-state index in [9.17, 15) is 0 Å². The predicted molar refractivity (Wildman–Crippen MR) is 103 cm³/mol. The lowest BCUT2D eigenvalue weighted by Crippen LogP contribution is -2.39. The Labute approximate surface area is 150 Å². The van der Waals surface area contributed by atoms with Gasteiger partial charge in [0.25, 0.3) is 0 Å². The molecule has 25 heavy (non-hydrogen) atoms. The topological polar surface area (TPSA) is 58.5 Å². The third-order valence-corrected chi connectivity index (χ3v) is 3.68. The zero-order chi connectivity index (χ0) is 17.9. The van der Waals surface area contributed by atoms with Crippen LogP contribution in [0.5, 0.6) is 5.75 Å². The molecule has 0 spiro atoms. The number of ether oxygens (including phenoxy) is 1. The summed E-state index contributed by atoms with van der Waals surface area (Å²) in [6.45, 7) is 9.04. The molecule has 0 unspecified atom stereocenters. The van der Waals surface area contributed by atoms with Gasteiger partial charge in [-0.3, -0.25) is 4.98 Å². The molecule has 0 fully saturated rings. The molecular weight excluding hydrogens is 312 g/mol. The molecule has 0 bridgehead atoms. The first-order valence-electron chi connectivity index (χ1n) is 8.84. The van der Waals surface area contributed by atoms with Crippen LogP contribution in [0, 0.1) is 0 Å². The zero-order valence-corrected chi connectivity index (χ0v) is 15.3. The molecule has 1 aromatic carbocycles. The van der Waals surface area contributed by atoms with Crippen LogP contribution < -0.4 is 15.4 Å². The van der Waals surface area contributed by atoms with Crippen molar-refractivity contribution in [1.82, 2.24) is 15.6 Å². The number of guanidine groups is 1. The van der Waals surface area contributed by atoms with E-state index in [2.05, 4.69) is 46.6 Å². The Hall–Kier alpha value is -2.56. The minimum absolute atomic E-state index is 0.536. The van der Waals surface area contributed by atoms with Gasteiger partial charge < -0.3 is 15.4 Å². The number of nitrogens with zero attached hydrogens (tertiary/aromatic N) is 2. The normalized spacial score (nSPS) is 11.4. The van der Waals surface area contributed by atoms with Crippen molar-refractivity contribution in [2.24, 2.45) is 4.99 Å². The molecule has 0 aliphatic rings. The second kappa shape index (κ2) is 10.3. The number of hydrogen-bond donors (Lipinski definition) is 2. The second-order valence-corrected chi connectivity index (χ2v) is 6.02. The third-order valence-electron chi connectivity index (χ3n) is 3.68. The first-order valence-corrected chi connectivity index (χ1v) is 8.84. The van der Waals surface area contributed by atoms with Crippen LogP contribution in [0.2, 0.25) is 0 Å². The minimum Gasteiger partial charge on any atom is -0.492 e. The summed E-state index contributed by atoms with van der Waals surface area (Å²) in [6, 6.07) is 14.1. The second-order valence-electron chi connectivity index (χ2n) is 6.02. The van der Waals surface area contributed by atoms with Crippen molar-refractivity contribution in [2.45, 2.75) is 33.2 Å². The molecule has 2 rings (SSSR count). The van der Waals surface area contributed by atoms with E-state index >= 15 is 0 Å². The molecule has 2 N–H and O–H groups in total. The Morgan fingerprint density at radius 1 is 1.12 bits per heavy atom. The third kappa shape index (κ3) is 6.83. The summed E-state index contributed by atoms with van der Waals surface area (Å²) in [5.74, 6) is 2.20.